The second-order valence-electron chi connectivity index (χ2n) is 4.27. The van der Waals surface area contributed by atoms with Crippen LogP contribution in [0.15, 0.2) is 23.4 Å². The van der Waals surface area contributed by atoms with Crippen molar-refractivity contribution in [1.82, 2.24) is 4.98 Å². The molecule has 17 heavy (non-hydrogen) atoms. The minimum Gasteiger partial charge on any atom is -0.293 e. The number of hydrogen-bond acceptors (Lipinski definition) is 4. The van der Waals surface area contributed by atoms with Crippen LogP contribution in [0.5, 0.6) is 0 Å². The smallest absolute Gasteiger partial charge is 0.201 e. The number of Topliss-reactive ketones (excluding diaryl/α,β-unsaturated/α-hetero) is 1. The summed E-state index contributed by atoms with van der Waals surface area (Å²) in [5.74, 6) is -0.0142. The molecule has 2 aliphatic rings. The van der Waals surface area contributed by atoms with E-state index in [1.165, 1.54) is 5.56 Å². The number of carbonyl (C=O) groups is 2. The topological polar surface area (TPSA) is 47.0 Å². The van der Waals surface area contributed by atoms with E-state index in [4.69, 9.17) is 0 Å². The highest BCUT2D eigenvalue weighted by atomic mass is 32.2. The van der Waals surface area contributed by atoms with Crippen molar-refractivity contribution in [1.29, 1.82) is 0 Å². The first-order valence-corrected chi connectivity index (χ1v) is 6.47. The van der Waals surface area contributed by atoms with Crippen LogP contribution in [0.25, 0.3) is 5.57 Å². The zero-order valence-electron chi connectivity index (χ0n) is 9.23. The quantitative estimate of drug-likeness (QED) is 0.520. The molecule has 0 amide bonds. The van der Waals surface area contributed by atoms with Crippen LogP contribution in [0.2, 0.25) is 0 Å². The number of carbonyl (C=O) groups excluding carboxylic acids is 2. The number of aryl methyl sites for hydroxylation is 1. The maximum atomic E-state index is 11.8. The Morgan fingerprint density at radius 1 is 1.24 bits per heavy atom. The van der Waals surface area contributed by atoms with Gasteiger partial charge in [-0.05, 0) is 53.8 Å². The van der Waals surface area contributed by atoms with Gasteiger partial charge in [0.2, 0.25) is 5.12 Å². The largest absolute Gasteiger partial charge is 0.293 e. The van der Waals surface area contributed by atoms with Gasteiger partial charge in [0.05, 0.1) is 11.3 Å². The summed E-state index contributed by atoms with van der Waals surface area (Å²) < 4.78 is 0. The van der Waals surface area contributed by atoms with Crippen molar-refractivity contribution in [3.05, 3.63) is 34.5 Å². The first-order valence-electron chi connectivity index (χ1n) is 5.66. The normalized spacial score (nSPS) is 24.0. The van der Waals surface area contributed by atoms with Crippen LogP contribution in [0.3, 0.4) is 0 Å². The highest BCUT2D eigenvalue weighted by Crippen LogP contribution is 2.40. The Morgan fingerprint density at radius 3 is 2.88 bits per heavy atom. The van der Waals surface area contributed by atoms with Gasteiger partial charge in [-0.15, -0.1) is 0 Å². The molecule has 0 N–H and O–H groups in total. The number of aromatic nitrogens is 1. The van der Waals surface area contributed by atoms with Crippen molar-refractivity contribution >= 4 is 28.2 Å². The third kappa shape index (κ3) is 1.82. The average molecular weight is 245 g/mol. The number of fused-ring (bicyclic) bond motifs is 1. The van der Waals surface area contributed by atoms with Gasteiger partial charge in [-0.3, -0.25) is 14.6 Å². The van der Waals surface area contributed by atoms with Crippen molar-refractivity contribution in [3.8, 4) is 0 Å². The van der Waals surface area contributed by atoms with Crippen LogP contribution in [0, 0.1) is 0 Å². The van der Waals surface area contributed by atoms with Crippen LogP contribution in [0.4, 0.5) is 0 Å². The van der Waals surface area contributed by atoms with Gasteiger partial charge in [-0.1, -0.05) is 0 Å². The highest BCUT2D eigenvalue weighted by Gasteiger charge is 2.30. The van der Waals surface area contributed by atoms with Gasteiger partial charge in [0.25, 0.3) is 0 Å². The molecule has 0 unspecified atom stereocenters. The molecule has 0 atom stereocenters. The molecule has 1 fully saturated rings. The van der Waals surface area contributed by atoms with Crippen molar-refractivity contribution in [2.75, 3.05) is 0 Å². The zero-order chi connectivity index (χ0) is 11.8. The third-order valence-corrected chi connectivity index (χ3v) is 4.20. The Hall–Kier alpha value is -1.42. The van der Waals surface area contributed by atoms with Gasteiger partial charge in [0.15, 0.2) is 5.78 Å². The van der Waals surface area contributed by atoms with Gasteiger partial charge in [-0.2, -0.15) is 0 Å². The zero-order valence-corrected chi connectivity index (χ0v) is 10.0. The summed E-state index contributed by atoms with van der Waals surface area (Å²) in [6.07, 6.45) is 6.59. The van der Waals surface area contributed by atoms with E-state index in [2.05, 4.69) is 4.98 Å². The van der Waals surface area contributed by atoms with Crippen molar-refractivity contribution in [2.24, 2.45) is 0 Å². The van der Waals surface area contributed by atoms with Crippen molar-refractivity contribution < 1.29 is 9.59 Å². The number of hydrogen-bond donors (Lipinski definition) is 0. The maximum absolute atomic E-state index is 11.8. The van der Waals surface area contributed by atoms with E-state index in [1.54, 1.807) is 6.20 Å². The molecular formula is C13H11NO2S. The minimum atomic E-state index is -0.0290. The lowest BCUT2D eigenvalue weighted by atomic mass is 9.88. The van der Waals surface area contributed by atoms with Crippen molar-refractivity contribution in [3.63, 3.8) is 0 Å². The van der Waals surface area contributed by atoms with Gasteiger partial charge in [0, 0.05) is 12.4 Å². The third-order valence-electron chi connectivity index (χ3n) is 3.15. The molecule has 1 aromatic rings. The van der Waals surface area contributed by atoms with E-state index >= 15 is 0 Å². The van der Waals surface area contributed by atoms with E-state index in [9.17, 15) is 9.59 Å². The average Bonchev–Trinajstić information content (AvgIpc) is 2.68. The Labute approximate surface area is 103 Å². The Kier molecular flexibility index (Phi) is 2.59. The lowest BCUT2D eigenvalue weighted by molar-refractivity contribution is -0.119. The fourth-order valence-electron chi connectivity index (χ4n) is 2.40. The summed E-state index contributed by atoms with van der Waals surface area (Å²) >= 11 is 1.11. The second-order valence-corrected chi connectivity index (χ2v) is 5.34. The number of rotatable bonds is 0. The first-order chi connectivity index (χ1) is 8.25. The molecular weight excluding hydrogens is 234 g/mol. The molecule has 0 bridgehead atoms. The number of pyridine rings is 1. The van der Waals surface area contributed by atoms with Crippen LogP contribution < -0.4 is 0 Å². The maximum Gasteiger partial charge on any atom is 0.201 e. The Bertz CT molecular complexity index is 548. The lowest BCUT2D eigenvalue weighted by Crippen LogP contribution is -2.05. The highest BCUT2D eigenvalue weighted by molar-refractivity contribution is 8.18. The predicted molar refractivity (Wildman–Crippen MR) is 66.3 cm³/mol. The molecule has 1 aliphatic heterocycles. The Morgan fingerprint density at radius 2 is 2.12 bits per heavy atom. The number of allylic oxidation sites excluding steroid dienone is 2. The molecule has 1 aromatic heterocycles. The minimum absolute atomic E-state index is 0.0142. The molecule has 0 radical (unpaired) electrons. The monoisotopic (exact) mass is 245 g/mol. The summed E-state index contributed by atoms with van der Waals surface area (Å²) in [5.41, 5.74) is 3.35. The summed E-state index contributed by atoms with van der Waals surface area (Å²) in [7, 11) is 0. The van der Waals surface area contributed by atoms with E-state index in [0.717, 1.165) is 42.2 Å². The van der Waals surface area contributed by atoms with E-state index in [1.807, 2.05) is 12.3 Å². The van der Waals surface area contributed by atoms with Gasteiger partial charge >= 0.3 is 0 Å². The Balaban J connectivity index is 2.14. The predicted octanol–water partition coefficient (Wildman–Crippen LogP) is 2.36. The fraction of sp³-hybridized carbons (Fsp3) is 0.308. The van der Waals surface area contributed by atoms with Gasteiger partial charge < -0.3 is 0 Å². The number of thioether (sulfide) groups is 1. The van der Waals surface area contributed by atoms with E-state index in [-0.39, 0.29) is 17.3 Å². The molecule has 1 saturated heterocycles. The molecule has 2 heterocycles. The molecule has 86 valence electrons. The summed E-state index contributed by atoms with van der Waals surface area (Å²) in [6, 6.07) is 1.95. The molecule has 3 rings (SSSR count). The standard InChI is InChI=1S/C13H11NO2S/c15-11-6-12(16)17-13(11)10-3-1-2-8-7-14-5-4-9(8)10/h4-5,7H,1-3,6H2/b13-10-. The molecule has 0 aromatic carbocycles. The van der Waals surface area contributed by atoms with E-state index in [0.29, 0.717) is 4.91 Å². The van der Waals surface area contributed by atoms with Gasteiger partial charge in [0.1, 0.15) is 0 Å². The van der Waals surface area contributed by atoms with Crippen molar-refractivity contribution in [2.45, 2.75) is 25.7 Å². The van der Waals surface area contributed by atoms with Crippen LogP contribution in [0.1, 0.15) is 30.4 Å². The second kappa shape index (κ2) is 4.11. The lowest BCUT2D eigenvalue weighted by Gasteiger charge is -2.19. The summed E-state index contributed by atoms with van der Waals surface area (Å²) in [4.78, 5) is 27.9. The molecule has 4 heteroatoms. The summed E-state index contributed by atoms with van der Waals surface area (Å²) in [6.45, 7) is 0. The first kappa shape index (κ1) is 10.7. The summed E-state index contributed by atoms with van der Waals surface area (Å²) in [5, 5.41) is -0.0290. The fourth-order valence-corrected chi connectivity index (χ4v) is 3.35. The molecule has 0 spiro atoms. The van der Waals surface area contributed by atoms with E-state index < -0.39 is 0 Å². The molecule has 0 saturated carbocycles. The number of ketones is 1. The van der Waals surface area contributed by atoms with Crippen LogP contribution in [-0.2, 0) is 16.0 Å². The van der Waals surface area contributed by atoms with Crippen LogP contribution >= 0.6 is 11.8 Å². The molecule has 1 aliphatic carbocycles. The van der Waals surface area contributed by atoms with Crippen LogP contribution in [-0.4, -0.2) is 15.9 Å². The molecule has 3 nitrogen and oxygen atoms in total. The SMILES string of the molecule is O=C1CC(=O)/C(=C2\CCCc3cnccc32)S1. The number of nitrogens with zero attached hydrogens (tertiary/aromatic N) is 1. The van der Waals surface area contributed by atoms with Gasteiger partial charge in [-0.25, -0.2) is 0 Å².